The Kier molecular flexibility index (Phi) is 4.43. The van der Waals surface area contributed by atoms with Crippen LogP contribution in [0.2, 0.25) is 0 Å². The Hall–Kier alpha value is -1.65. The lowest BCUT2D eigenvalue weighted by molar-refractivity contribution is 0.0692. The fourth-order valence-corrected chi connectivity index (χ4v) is 1.68. The number of aromatic nitrogens is 2. The summed E-state index contributed by atoms with van der Waals surface area (Å²) in [6.45, 7) is 6.35. The Morgan fingerprint density at radius 2 is 2.18 bits per heavy atom. The zero-order valence-electron chi connectivity index (χ0n) is 10.4. The van der Waals surface area contributed by atoms with Crippen LogP contribution >= 0.6 is 0 Å². The van der Waals surface area contributed by atoms with Crippen LogP contribution in [0.3, 0.4) is 0 Å². The van der Waals surface area contributed by atoms with E-state index in [2.05, 4.69) is 4.98 Å². The van der Waals surface area contributed by atoms with Crippen LogP contribution in [-0.4, -0.2) is 20.6 Å². The number of aromatic carboxylic acids is 1. The molecule has 0 radical (unpaired) electrons. The zero-order valence-corrected chi connectivity index (χ0v) is 10.4. The van der Waals surface area contributed by atoms with E-state index < -0.39 is 11.5 Å². The van der Waals surface area contributed by atoms with Crippen LogP contribution in [0.4, 0.5) is 0 Å². The first-order valence-electron chi connectivity index (χ1n) is 5.79. The van der Waals surface area contributed by atoms with Crippen LogP contribution in [0.25, 0.3) is 0 Å². The van der Waals surface area contributed by atoms with E-state index in [1.807, 2.05) is 20.8 Å². The van der Waals surface area contributed by atoms with Gasteiger partial charge in [0, 0.05) is 6.54 Å². The SMILES string of the molecule is CCCn1cnc(CC(C)C)c(C(=O)O)c1=O. The zero-order chi connectivity index (χ0) is 13.0. The van der Waals surface area contributed by atoms with Crippen molar-refractivity contribution in [3.05, 3.63) is 27.9 Å². The van der Waals surface area contributed by atoms with Crippen LogP contribution in [-0.2, 0) is 13.0 Å². The van der Waals surface area contributed by atoms with Crippen molar-refractivity contribution in [3.63, 3.8) is 0 Å². The molecule has 0 fully saturated rings. The van der Waals surface area contributed by atoms with Gasteiger partial charge in [0.25, 0.3) is 5.56 Å². The van der Waals surface area contributed by atoms with Gasteiger partial charge in [0.1, 0.15) is 5.56 Å². The minimum absolute atomic E-state index is 0.186. The van der Waals surface area contributed by atoms with Crippen molar-refractivity contribution in [1.82, 2.24) is 9.55 Å². The molecule has 5 nitrogen and oxygen atoms in total. The molecule has 17 heavy (non-hydrogen) atoms. The van der Waals surface area contributed by atoms with Gasteiger partial charge in [0.05, 0.1) is 12.0 Å². The molecule has 0 aromatic carbocycles. The average Bonchev–Trinajstić information content (AvgIpc) is 2.21. The molecule has 0 amide bonds. The minimum Gasteiger partial charge on any atom is -0.477 e. The van der Waals surface area contributed by atoms with Crippen LogP contribution in [0.1, 0.15) is 43.2 Å². The number of rotatable bonds is 5. The van der Waals surface area contributed by atoms with E-state index in [1.165, 1.54) is 10.9 Å². The number of carboxylic acid groups (broad SMARTS) is 1. The number of carboxylic acids is 1. The van der Waals surface area contributed by atoms with E-state index in [0.717, 1.165) is 6.42 Å². The summed E-state index contributed by atoms with van der Waals surface area (Å²) in [6, 6.07) is 0. The molecule has 5 heteroatoms. The molecule has 0 saturated carbocycles. The standard InChI is InChI=1S/C12H18N2O3/c1-4-5-14-7-13-9(6-8(2)3)10(11(14)15)12(16)17/h7-8H,4-6H2,1-3H3,(H,16,17). The maximum Gasteiger partial charge on any atom is 0.343 e. The molecular formula is C12H18N2O3. The smallest absolute Gasteiger partial charge is 0.343 e. The van der Waals surface area contributed by atoms with Gasteiger partial charge >= 0.3 is 5.97 Å². The molecule has 1 rings (SSSR count). The first kappa shape index (κ1) is 13.4. The highest BCUT2D eigenvalue weighted by atomic mass is 16.4. The Morgan fingerprint density at radius 3 is 2.65 bits per heavy atom. The van der Waals surface area contributed by atoms with Gasteiger partial charge in [-0.25, -0.2) is 9.78 Å². The number of nitrogens with zero attached hydrogens (tertiary/aromatic N) is 2. The quantitative estimate of drug-likeness (QED) is 0.844. The minimum atomic E-state index is -1.19. The first-order valence-corrected chi connectivity index (χ1v) is 5.79. The van der Waals surface area contributed by atoms with Crippen molar-refractivity contribution < 1.29 is 9.90 Å². The van der Waals surface area contributed by atoms with Gasteiger partial charge in [-0.15, -0.1) is 0 Å². The summed E-state index contributed by atoms with van der Waals surface area (Å²) in [5, 5.41) is 9.10. The van der Waals surface area contributed by atoms with Crippen molar-refractivity contribution in [1.29, 1.82) is 0 Å². The summed E-state index contributed by atoms with van der Waals surface area (Å²) >= 11 is 0. The molecule has 0 atom stereocenters. The van der Waals surface area contributed by atoms with E-state index in [9.17, 15) is 9.59 Å². The lowest BCUT2D eigenvalue weighted by Crippen LogP contribution is -2.29. The van der Waals surface area contributed by atoms with Crippen molar-refractivity contribution in [3.8, 4) is 0 Å². The highest BCUT2D eigenvalue weighted by molar-refractivity contribution is 5.88. The summed E-state index contributed by atoms with van der Waals surface area (Å²) in [5.74, 6) is -0.925. The summed E-state index contributed by atoms with van der Waals surface area (Å²) in [7, 11) is 0. The predicted octanol–water partition coefficient (Wildman–Crippen LogP) is 1.55. The Labute approximate surface area is 100 Å². The van der Waals surface area contributed by atoms with Gasteiger partial charge < -0.3 is 5.11 Å². The van der Waals surface area contributed by atoms with Crippen molar-refractivity contribution in [2.24, 2.45) is 5.92 Å². The Bertz CT molecular complexity index is 463. The van der Waals surface area contributed by atoms with E-state index in [1.54, 1.807) is 0 Å². The summed E-state index contributed by atoms with van der Waals surface area (Å²) in [6.07, 6.45) is 2.71. The average molecular weight is 238 g/mol. The highest BCUT2D eigenvalue weighted by Crippen LogP contribution is 2.08. The molecule has 0 aliphatic carbocycles. The van der Waals surface area contributed by atoms with E-state index in [-0.39, 0.29) is 11.5 Å². The van der Waals surface area contributed by atoms with Crippen LogP contribution in [0.15, 0.2) is 11.1 Å². The molecule has 0 spiro atoms. The molecule has 0 unspecified atom stereocenters. The van der Waals surface area contributed by atoms with Crippen LogP contribution in [0.5, 0.6) is 0 Å². The van der Waals surface area contributed by atoms with Gasteiger partial charge in [0.15, 0.2) is 0 Å². The van der Waals surface area contributed by atoms with Gasteiger partial charge in [0.2, 0.25) is 0 Å². The number of aryl methyl sites for hydroxylation is 1. The Balaban J connectivity index is 3.29. The summed E-state index contributed by atoms with van der Waals surface area (Å²) in [5.41, 5.74) is -0.260. The molecule has 0 aliphatic heterocycles. The third-order valence-corrected chi connectivity index (χ3v) is 2.40. The fourth-order valence-electron chi connectivity index (χ4n) is 1.68. The van der Waals surface area contributed by atoms with Gasteiger partial charge in [-0.1, -0.05) is 20.8 Å². The molecule has 0 aliphatic rings. The second-order valence-corrected chi connectivity index (χ2v) is 4.47. The molecule has 1 aromatic heterocycles. The second kappa shape index (κ2) is 5.61. The topological polar surface area (TPSA) is 72.2 Å². The summed E-state index contributed by atoms with van der Waals surface area (Å²) < 4.78 is 1.35. The highest BCUT2D eigenvalue weighted by Gasteiger charge is 2.18. The maximum absolute atomic E-state index is 11.9. The third-order valence-electron chi connectivity index (χ3n) is 2.40. The molecule has 1 aromatic rings. The predicted molar refractivity (Wildman–Crippen MR) is 64.3 cm³/mol. The number of carbonyl (C=O) groups is 1. The number of hydrogen-bond donors (Lipinski definition) is 1. The Morgan fingerprint density at radius 1 is 1.53 bits per heavy atom. The van der Waals surface area contributed by atoms with E-state index in [0.29, 0.717) is 18.7 Å². The van der Waals surface area contributed by atoms with Gasteiger partial charge in [-0.3, -0.25) is 9.36 Å². The molecule has 0 bridgehead atoms. The largest absolute Gasteiger partial charge is 0.477 e. The normalized spacial score (nSPS) is 10.8. The third kappa shape index (κ3) is 3.15. The number of hydrogen-bond acceptors (Lipinski definition) is 3. The molecule has 0 saturated heterocycles. The lowest BCUT2D eigenvalue weighted by atomic mass is 10.0. The lowest BCUT2D eigenvalue weighted by Gasteiger charge is -2.10. The first-order chi connectivity index (χ1) is 7.97. The van der Waals surface area contributed by atoms with Crippen molar-refractivity contribution in [2.75, 3.05) is 0 Å². The van der Waals surface area contributed by atoms with Crippen molar-refractivity contribution >= 4 is 5.97 Å². The van der Waals surface area contributed by atoms with Gasteiger partial charge in [-0.2, -0.15) is 0 Å². The van der Waals surface area contributed by atoms with Crippen LogP contribution in [0, 0.1) is 5.92 Å². The molecule has 1 heterocycles. The van der Waals surface area contributed by atoms with Gasteiger partial charge in [-0.05, 0) is 18.8 Å². The molecule has 1 N–H and O–H groups in total. The summed E-state index contributed by atoms with van der Waals surface area (Å²) in [4.78, 5) is 27.2. The fraction of sp³-hybridized carbons (Fsp3) is 0.583. The van der Waals surface area contributed by atoms with Crippen molar-refractivity contribution in [2.45, 2.75) is 40.2 Å². The maximum atomic E-state index is 11.9. The molecular weight excluding hydrogens is 220 g/mol. The van der Waals surface area contributed by atoms with Crippen LogP contribution < -0.4 is 5.56 Å². The molecule has 94 valence electrons. The monoisotopic (exact) mass is 238 g/mol. The van der Waals surface area contributed by atoms with E-state index in [4.69, 9.17) is 5.11 Å². The van der Waals surface area contributed by atoms with E-state index >= 15 is 0 Å². The second-order valence-electron chi connectivity index (χ2n) is 4.47.